The first-order chi connectivity index (χ1) is 12.4. The fourth-order valence-corrected chi connectivity index (χ4v) is 3.40. The lowest BCUT2D eigenvalue weighted by molar-refractivity contribution is 0.875. The maximum atomic E-state index is 4.63. The van der Waals surface area contributed by atoms with Gasteiger partial charge < -0.3 is 10.6 Å². The molecular formula is C20H22BrN5. The fraction of sp³-hybridized carbons (Fsp3) is 0.250. The van der Waals surface area contributed by atoms with Gasteiger partial charge in [-0.2, -0.15) is 4.98 Å². The monoisotopic (exact) mass is 411 g/mol. The molecule has 134 valence electrons. The number of halogens is 1. The van der Waals surface area contributed by atoms with Crippen molar-refractivity contribution in [3.63, 3.8) is 0 Å². The van der Waals surface area contributed by atoms with Crippen LogP contribution >= 0.6 is 15.9 Å². The van der Waals surface area contributed by atoms with Crippen molar-refractivity contribution in [3.05, 3.63) is 58.2 Å². The number of benzene rings is 1. The predicted molar refractivity (Wildman–Crippen MR) is 111 cm³/mol. The molecule has 26 heavy (non-hydrogen) atoms. The maximum Gasteiger partial charge on any atom is 0.225 e. The van der Waals surface area contributed by atoms with Crippen molar-refractivity contribution in [3.8, 4) is 11.4 Å². The number of anilines is 3. The highest BCUT2D eigenvalue weighted by atomic mass is 79.9. The molecule has 0 spiro atoms. The van der Waals surface area contributed by atoms with Gasteiger partial charge in [0.15, 0.2) is 0 Å². The molecule has 0 amide bonds. The number of pyridine rings is 1. The van der Waals surface area contributed by atoms with Gasteiger partial charge in [0.05, 0.1) is 11.4 Å². The molecule has 0 unspecified atom stereocenters. The normalized spacial score (nSPS) is 10.8. The summed E-state index contributed by atoms with van der Waals surface area (Å²) in [5.41, 5.74) is 4.93. The highest BCUT2D eigenvalue weighted by molar-refractivity contribution is 9.10. The predicted octanol–water partition coefficient (Wildman–Crippen LogP) is 5.48. The molecule has 3 aromatic rings. The van der Waals surface area contributed by atoms with Gasteiger partial charge in [-0.05, 0) is 63.1 Å². The summed E-state index contributed by atoms with van der Waals surface area (Å²) in [7, 11) is 0. The Morgan fingerprint density at radius 2 is 1.69 bits per heavy atom. The van der Waals surface area contributed by atoms with E-state index in [1.165, 1.54) is 0 Å². The van der Waals surface area contributed by atoms with E-state index in [-0.39, 0.29) is 6.04 Å². The second-order valence-electron chi connectivity index (χ2n) is 6.52. The Hall–Kier alpha value is -2.47. The third-order valence-electron chi connectivity index (χ3n) is 3.82. The second kappa shape index (κ2) is 7.83. The smallest absolute Gasteiger partial charge is 0.225 e. The zero-order chi connectivity index (χ0) is 18.7. The van der Waals surface area contributed by atoms with Gasteiger partial charge in [-0.1, -0.05) is 22.0 Å². The molecule has 2 aromatic heterocycles. The Morgan fingerprint density at radius 1 is 0.962 bits per heavy atom. The Kier molecular flexibility index (Phi) is 5.52. The van der Waals surface area contributed by atoms with Gasteiger partial charge in [-0.15, -0.1) is 0 Å². The van der Waals surface area contributed by atoms with Crippen LogP contribution in [-0.2, 0) is 0 Å². The van der Waals surface area contributed by atoms with E-state index < -0.39 is 0 Å². The molecule has 0 aliphatic rings. The van der Waals surface area contributed by atoms with Crippen LogP contribution in [-0.4, -0.2) is 21.0 Å². The number of aromatic nitrogens is 3. The first-order valence-electron chi connectivity index (χ1n) is 8.53. The summed E-state index contributed by atoms with van der Waals surface area (Å²) in [4.78, 5) is 13.7. The number of hydrogen-bond donors (Lipinski definition) is 2. The minimum absolute atomic E-state index is 0.234. The van der Waals surface area contributed by atoms with Crippen LogP contribution in [0.2, 0.25) is 0 Å². The summed E-state index contributed by atoms with van der Waals surface area (Å²) in [5.74, 6) is 1.32. The highest BCUT2D eigenvalue weighted by Gasteiger charge is 2.11. The van der Waals surface area contributed by atoms with Crippen molar-refractivity contribution < 1.29 is 0 Å². The van der Waals surface area contributed by atoms with Crippen LogP contribution in [0.1, 0.15) is 25.0 Å². The first-order valence-corrected chi connectivity index (χ1v) is 9.32. The molecule has 0 saturated carbocycles. The van der Waals surface area contributed by atoms with Gasteiger partial charge >= 0.3 is 0 Å². The van der Waals surface area contributed by atoms with Crippen molar-refractivity contribution in [2.45, 2.75) is 33.7 Å². The fourth-order valence-electron chi connectivity index (χ4n) is 2.72. The second-order valence-corrected chi connectivity index (χ2v) is 7.43. The molecule has 3 rings (SSSR count). The molecule has 1 aromatic carbocycles. The largest absolute Gasteiger partial charge is 0.352 e. The zero-order valence-electron chi connectivity index (χ0n) is 15.3. The molecule has 0 radical (unpaired) electrons. The standard InChI is InChI=1S/C20H22BrN5/c1-12(2)23-20-24-17(16-7-5-6-8-22-16)11-18(26-20)25-19-13(3)9-15(21)10-14(19)4/h5-12H,1-4H3,(H2,23,24,25,26). The van der Waals surface area contributed by atoms with E-state index in [2.05, 4.69) is 81.3 Å². The number of hydrogen-bond acceptors (Lipinski definition) is 5. The van der Waals surface area contributed by atoms with Gasteiger partial charge in [0, 0.05) is 28.5 Å². The third-order valence-corrected chi connectivity index (χ3v) is 4.28. The molecule has 0 saturated heterocycles. The van der Waals surface area contributed by atoms with Crippen molar-refractivity contribution in [2.75, 3.05) is 10.6 Å². The summed E-state index contributed by atoms with van der Waals surface area (Å²) in [5, 5.41) is 6.73. The average molecular weight is 412 g/mol. The first kappa shape index (κ1) is 18.3. The zero-order valence-corrected chi connectivity index (χ0v) is 16.9. The van der Waals surface area contributed by atoms with Crippen LogP contribution in [0.5, 0.6) is 0 Å². The molecule has 0 fully saturated rings. The van der Waals surface area contributed by atoms with E-state index in [1.807, 2.05) is 24.3 Å². The Labute approximate surface area is 162 Å². The number of aryl methyl sites for hydroxylation is 2. The van der Waals surface area contributed by atoms with Crippen LogP contribution in [0.4, 0.5) is 17.5 Å². The van der Waals surface area contributed by atoms with E-state index in [9.17, 15) is 0 Å². The van der Waals surface area contributed by atoms with Crippen LogP contribution < -0.4 is 10.6 Å². The lowest BCUT2D eigenvalue weighted by Gasteiger charge is -2.15. The van der Waals surface area contributed by atoms with Crippen molar-refractivity contribution in [1.29, 1.82) is 0 Å². The van der Waals surface area contributed by atoms with Gasteiger partial charge in [0.25, 0.3) is 0 Å². The Morgan fingerprint density at radius 3 is 2.31 bits per heavy atom. The number of nitrogens with zero attached hydrogens (tertiary/aromatic N) is 3. The topological polar surface area (TPSA) is 62.7 Å². The molecule has 0 aliphatic heterocycles. The summed E-state index contributed by atoms with van der Waals surface area (Å²) < 4.78 is 1.07. The van der Waals surface area contributed by atoms with Gasteiger partial charge in [-0.3, -0.25) is 4.98 Å². The average Bonchev–Trinajstić information content (AvgIpc) is 2.58. The van der Waals surface area contributed by atoms with Crippen molar-refractivity contribution >= 4 is 33.4 Å². The Bertz CT molecular complexity index is 886. The lowest BCUT2D eigenvalue weighted by atomic mass is 10.1. The summed E-state index contributed by atoms with van der Waals surface area (Å²) in [6, 6.07) is 12.1. The van der Waals surface area contributed by atoms with E-state index in [0.29, 0.717) is 5.95 Å². The van der Waals surface area contributed by atoms with Crippen molar-refractivity contribution in [1.82, 2.24) is 15.0 Å². The van der Waals surface area contributed by atoms with Crippen LogP contribution in [0.15, 0.2) is 47.1 Å². The molecule has 0 aliphatic carbocycles. The van der Waals surface area contributed by atoms with Crippen LogP contribution in [0.3, 0.4) is 0 Å². The molecule has 0 atom stereocenters. The highest BCUT2D eigenvalue weighted by Crippen LogP contribution is 2.29. The summed E-state index contributed by atoms with van der Waals surface area (Å²) in [6.45, 7) is 8.28. The van der Waals surface area contributed by atoms with E-state index in [0.717, 1.165) is 38.5 Å². The molecule has 0 bridgehead atoms. The number of nitrogens with one attached hydrogen (secondary N) is 2. The lowest BCUT2D eigenvalue weighted by Crippen LogP contribution is -2.13. The van der Waals surface area contributed by atoms with Crippen LogP contribution in [0.25, 0.3) is 11.4 Å². The molecule has 2 heterocycles. The minimum Gasteiger partial charge on any atom is -0.352 e. The molecule has 6 heteroatoms. The third kappa shape index (κ3) is 4.38. The quantitative estimate of drug-likeness (QED) is 0.581. The Balaban J connectivity index is 2.03. The molecular weight excluding hydrogens is 390 g/mol. The van der Waals surface area contributed by atoms with Gasteiger partial charge in [-0.25, -0.2) is 4.98 Å². The van der Waals surface area contributed by atoms with Crippen LogP contribution in [0, 0.1) is 13.8 Å². The SMILES string of the molecule is Cc1cc(Br)cc(C)c1Nc1cc(-c2ccccn2)nc(NC(C)C)n1. The molecule has 2 N–H and O–H groups in total. The van der Waals surface area contributed by atoms with Gasteiger partial charge in [0.2, 0.25) is 5.95 Å². The number of rotatable bonds is 5. The van der Waals surface area contributed by atoms with E-state index in [4.69, 9.17) is 0 Å². The van der Waals surface area contributed by atoms with E-state index >= 15 is 0 Å². The minimum atomic E-state index is 0.234. The summed E-state index contributed by atoms with van der Waals surface area (Å²) >= 11 is 3.54. The summed E-state index contributed by atoms with van der Waals surface area (Å²) in [6.07, 6.45) is 1.77. The molecule has 5 nitrogen and oxygen atoms in total. The van der Waals surface area contributed by atoms with Gasteiger partial charge in [0.1, 0.15) is 5.82 Å². The van der Waals surface area contributed by atoms with E-state index in [1.54, 1.807) is 6.20 Å². The maximum absolute atomic E-state index is 4.63. The van der Waals surface area contributed by atoms with Crippen molar-refractivity contribution in [2.24, 2.45) is 0 Å².